The lowest BCUT2D eigenvalue weighted by Crippen LogP contribution is -1.99. The van der Waals surface area contributed by atoms with Gasteiger partial charge >= 0.3 is 0 Å². The standard InChI is InChI=1S/C10H12O4/c1-6(11)8-4-7(12)5-9(13-2)10(8)14-3/h4-5,12H,1-3H3. The van der Waals surface area contributed by atoms with Gasteiger partial charge < -0.3 is 14.6 Å². The molecule has 0 heterocycles. The lowest BCUT2D eigenvalue weighted by atomic mass is 10.1. The number of ketones is 1. The molecule has 0 aliphatic rings. The molecule has 14 heavy (non-hydrogen) atoms. The van der Waals surface area contributed by atoms with Crippen molar-refractivity contribution in [2.75, 3.05) is 14.2 Å². The summed E-state index contributed by atoms with van der Waals surface area (Å²) in [6, 6.07) is 2.74. The first-order chi connectivity index (χ1) is 6.60. The van der Waals surface area contributed by atoms with Crippen molar-refractivity contribution in [3.8, 4) is 17.2 Å². The highest BCUT2D eigenvalue weighted by Crippen LogP contribution is 2.35. The van der Waals surface area contributed by atoms with Crippen LogP contribution >= 0.6 is 0 Å². The van der Waals surface area contributed by atoms with Crippen LogP contribution < -0.4 is 9.47 Å². The summed E-state index contributed by atoms with van der Waals surface area (Å²) in [6.45, 7) is 1.40. The second-order valence-corrected chi connectivity index (χ2v) is 2.79. The van der Waals surface area contributed by atoms with Crippen LogP contribution in [-0.4, -0.2) is 25.1 Å². The zero-order chi connectivity index (χ0) is 10.7. The fourth-order valence-electron chi connectivity index (χ4n) is 1.21. The number of ether oxygens (including phenoxy) is 2. The van der Waals surface area contributed by atoms with E-state index in [-0.39, 0.29) is 11.5 Å². The van der Waals surface area contributed by atoms with E-state index in [1.807, 2.05) is 0 Å². The molecule has 1 N–H and O–H groups in total. The fraction of sp³-hybridized carbons (Fsp3) is 0.300. The molecule has 76 valence electrons. The van der Waals surface area contributed by atoms with Gasteiger partial charge in [0.1, 0.15) is 5.75 Å². The van der Waals surface area contributed by atoms with Gasteiger partial charge in [0, 0.05) is 6.07 Å². The van der Waals surface area contributed by atoms with E-state index in [0.29, 0.717) is 17.1 Å². The van der Waals surface area contributed by atoms with E-state index in [9.17, 15) is 9.90 Å². The minimum absolute atomic E-state index is 0.0205. The van der Waals surface area contributed by atoms with Crippen molar-refractivity contribution in [1.29, 1.82) is 0 Å². The predicted octanol–water partition coefficient (Wildman–Crippen LogP) is 1.61. The van der Waals surface area contributed by atoms with Crippen molar-refractivity contribution in [2.24, 2.45) is 0 Å². The maximum absolute atomic E-state index is 11.2. The lowest BCUT2D eigenvalue weighted by molar-refractivity contribution is 0.101. The number of rotatable bonds is 3. The van der Waals surface area contributed by atoms with Crippen molar-refractivity contribution in [3.05, 3.63) is 17.7 Å². The molecule has 0 fully saturated rings. The van der Waals surface area contributed by atoms with Gasteiger partial charge in [-0.05, 0) is 13.0 Å². The van der Waals surface area contributed by atoms with Gasteiger partial charge in [0.15, 0.2) is 17.3 Å². The Morgan fingerprint density at radius 3 is 2.36 bits per heavy atom. The van der Waals surface area contributed by atoms with Gasteiger partial charge in [-0.3, -0.25) is 4.79 Å². The van der Waals surface area contributed by atoms with Crippen LogP contribution in [0.5, 0.6) is 17.2 Å². The Hall–Kier alpha value is -1.71. The van der Waals surface area contributed by atoms with Gasteiger partial charge in [-0.2, -0.15) is 0 Å². The van der Waals surface area contributed by atoms with E-state index in [1.54, 1.807) is 0 Å². The summed E-state index contributed by atoms with van der Waals surface area (Å²) in [5.41, 5.74) is 0.310. The minimum Gasteiger partial charge on any atom is -0.508 e. The predicted molar refractivity (Wildman–Crippen MR) is 51.2 cm³/mol. The summed E-state index contributed by atoms with van der Waals surface area (Å²) in [4.78, 5) is 11.2. The average molecular weight is 196 g/mol. The topological polar surface area (TPSA) is 55.8 Å². The Kier molecular flexibility index (Phi) is 2.96. The van der Waals surface area contributed by atoms with Gasteiger partial charge in [0.25, 0.3) is 0 Å². The van der Waals surface area contributed by atoms with Crippen LogP contribution in [0.4, 0.5) is 0 Å². The fourth-order valence-corrected chi connectivity index (χ4v) is 1.21. The van der Waals surface area contributed by atoms with E-state index in [1.165, 1.54) is 33.3 Å². The molecule has 0 spiro atoms. The first-order valence-electron chi connectivity index (χ1n) is 4.06. The highest BCUT2D eigenvalue weighted by atomic mass is 16.5. The maximum atomic E-state index is 11.2. The Labute approximate surface area is 82.1 Å². The molecule has 0 bridgehead atoms. The SMILES string of the molecule is COc1cc(O)cc(C(C)=O)c1OC. The molecule has 0 unspecified atom stereocenters. The molecule has 0 radical (unpaired) electrons. The maximum Gasteiger partial charge on any atom is 0.171 e. The number of hydrogen-bond acceptors (Lipinski definition) is 4. The zero-order valence-corrected chi connectivity index (χ0v) is 8.33. The van der Waals surface area contributed by atoms with Crippen LogP contribution in [-0.2, 0) is 0 Å². The van der Waals surface area contributed by atoms with Gasteiger partial charge in [-0.15, -0.1) is 0 Å². The number of hydrogen-bond donors (Lipinski definition) is 1. The molecule has 0 saturated carbocycles. The summed E-state index contributed by atoms with van der Waals surface area (Å²) in [5.74, 6) is 0.486. The minimum atomic E-state index is -0.184. The van der Waals surface area contributed by atoms with Crippen molar-refractivity contribution in [1.82, 2.24) is 0 Å². The molecular weight excluding hydrogens is 184 g/mol. The third kappa shape index (κ3) is 1.79. The van der Waals surface area contributed by atoms with Gasteiger partial charge in [-0.1, -0.05) is 0 Å². The average Bonchev–Trinajstić information content (AvgIpc) is 2.16. The number of methoxy groups -OCH3 is 2. The Balaban J connectivity index is 3.39. The molecule has 4 nitrogen and oxygen atoms in total. The van der Waals surface area contributed by atoms with Crippen LogP contribution in [0.25, 0.3) is 0 Å². The van der Waals surface area contributed by atoms with Crippen molar-refractivity contribution < 1.29 is 19.4 Å². The van der Waals surface area contributed by atoms with Crippen LogP contribution in [0, 0.1) is 0 Å². The number of phenols is 1. The highest BCUT2D eigenvalue weighted by Gasteiger charge is 2.15. The van der Waals surface area contributed by atoms with Crippen molar-refractivity contribution in [2.45, 2.75) is 6.92 Å². The molecule has 1 rings (SSSR count). The molecule has 0 aromatic heterocycles. The van der Waals surface area contributed by atoms with E-state index >= 15 is 0 Å². The monoisotopic (exact) mass is 196 g/mol. The third-order valence-electron chi connectivity index (χ3n) is 1.84. The molecule has 0 aliphatic carbocycles. The first-order valence-corrected chi connectivity index (χ1v) is 4.06. The van der Waals surface area contributed by atoms with Crippen LogP contribution in [0.15, 0.2) is 12.1 Å². The van der Waals surface area contributed by atoms with Gasteiger partial charge in [0.05, 0.1) is 19.8 Å². The van der Waals surface area contributed by atoms with E-state index in [2.05, 4.69) is 0 Å². The number of Topliss-reactive ketones (excluding diaryl/α,β-unsaturated/α-hetero) is 1. The summed E-state index contributed by atoms with van der Waals surface area (Å²) < 4.78 is 10.00. The molecule has 1 aromatic carbocycles. The molecule has 0 amide bonds. The van der Waals surface area contributed by atoms with Crippen LogP contribution in [0.3, 0.4) is 0 Å². The smallest absolute Gasteiger partial charge is 0.171 e. The van der Waals surface area contributed by atoms with E-state index in [0.717, 1.165) is 0 Å². The van der Waals surface area contributed by atoms with Crippen LogP contribution in [0.2, 0.25) is 0 Å². The number of carbonyl (C=O) groups excluding carboxylic acids is 1. The third-order valence-corrected chi connectivity index (χ3v) is 1.84. The summed E-state index contributed by atoms with van der Waals surface area (Å²) >= 11 is 0. The molecule has 1 aromatic rings. The normalized spacial score (nSPS) is 9.64. The Morgan fingerprint density at radius 2 is 1.93 bits per heavy atom. The Morgan fingerprint density at radius 1 is 1.29 bits per heavy atom. The van der Waals surface area contributed by atoms with Gasteiger partial charge in [0.2, 0.25) is 0 Å². The quantitative estimate of drug-likeness (QED) is 0.746. The van der Waals surface area contributed by atoms with Gasteiger partial charge in [-0.25, -0.2) is 0 Å². The number of carbonyl (C=O) groups is 1. The number of benzene rings is 1. The molecule has 0 atom stereocenters. The molecular formula is C10H12O4. The largest absolute Gasteiger partial charge is 0.508 e. The van der Waals surface area contributed by atoms with E-state index < -0.39 is 0 Å². The molecule has 0 aliphatic heterocycles. The number of phenolic OH excluding ortho intramolecular Hbond substituents is 1. The van der Waals surface area contributed by atoms with Crippen molar-refractivity contribution in [3.63, 3.8) is 0 Å². The Bertz CT molecular complexity index is 357. The lowest BCUT2D eigenvalue weighted by Gasteiger charge is -2.11. The summed E-state index contributed by atoms with van der Waals surface area (Å²) in [6.07, 6.45) is 0. The zero-order valence-electron chi connectivity index (χ0n) is 8.33. The summed E-state index contributed by atoms with van der Waals surface area (Å²) in [7, 11) is 2.89. The highest BCUT2D eigenvalue weighted by molar-refractivity contribution is 5.98. The van der Waals surface area contributed by atoms with Crippen molar-refractivity contribution >= 4 is 5.78 Å². The van der Waals surface area contributed by atoms with Crippen LogP contribution in [0.1, 0.15) is 17.3 Å². The van der Waals surface area contributed by atoms with E-state index in [4.69, 9.17) is 9.47 Å². The molecule has 4 heteroatoms. The summed E-state index contributed by atoms with van der Waals surface area (Å²) in [5, 5.41) is 9.31. The second kappa shape index (κ2) is 4.00. The molecule has 0 saturated heterocycles. The first kappa shape index (κ1) is 10.4. The number of aromatic hydroxyl groups is 1. The second-order valence-electron chi connectivity index (χ2n) is 2.79.